The predicted octanol–water partition coefficient (Wildman–Crippen LogP) is 3.32. The summed E-state index contributed by atoms with van der Waals surface area (Å²) in [5, 5.41) is 3.47. The summed E-state index contributed by atoms with van der Waals surface area (Å²) in [5.41, 5.74) is 0. The van der Waals surface area contributed by atoms with Crippen molar-refractivity contribution < 1.29 is 4.79 Å². The minimum atomic E-state index is 0.222. The van der Waals surface area contributed by atoms with Crippen LogP contribution in [0.15, 0.2) is 35.7 Å². The molecule has 0 N–H and O–H groups in total. The average molecular weight is 199 g/mol. The molecule has 0 unspecified atom stereocenters. The van der Waals surface area contributed by atoms with Crippen LogP contribution in [0, 0.1) is 0 Å². The molecule has 0 aliphatic rings. The second-order valence-corrected chi connectivity index (χ2v) is 3.17. The molecule has 0 saturated heterocycles. The van der Waals surface area contributed by atoms with Gasteiger partial charge in [0.05, 0.1) is 0 Å². The summed E-state index contributed by atoms with van der Waals surface area (Å²) in [6.45, 7) is 0. The zero-order valence-electron chi connectivity index (χ0n) is 6.24. The number of halogens is 1. The van der Waals surface area contributed by atoms with Gasteiger partial charge in [-0.3, -0.25) is 4.79 Å². The Labute approximate surface area is 79.6 Å². The number of hydrogen-bond acceptors (Lipinski definition) is 2. The number of benzene rings is 1. The molecule has 2 rings (SSSR count). The summed E-state index contributed by atoms with van der Waals surface area (Å²) in [7, 11) is 0. The number of thiophene rings is 1. The summed E-state index contributed by atoms with van der Waals surface area (Å²) < 4.78 is 1.37. The van der Waals surface area contributed by atoms with Gasteiger partial charge in [-0.05, 0) is 34.5 Å². The minimum Gasteiger partial charge on any atom is -0.285 e. The molecule has 0 atom stereocenters. The number of carbonyl (C=O) groups excluding carboxylic acids is 1. The Kier molecular flexibility index (Phi) is 3.77. The fraction of sp³-hybridized carbons (Fsp3) is 0. The highest BCUT2D eigenvalue weighted by atomic mass is 35.5. The first-order chi connectivity index (χ1) is 5.88. The summed E-state index contributed by atoms with van der Waals surface area (Å²) >= 11 is 6.11. The molecule has 1 aromatic carbocycles. The smallest absolute Gasteiger partial charge is 0.208 e. The Bertz CT molecular complexity index is 326. The zero-order chi connectivity index (χ0) is 8.81. The third-order valence-electron chi connectivity index (χ3n) is 1.36. The van der Waals surface area contributed by atoms with E-state index in [1.54, 1.807) is 11.3 Å². The molecular weight excluding hydrogens is 192 g/mol. The molecular formula is C9H7ClOS. The molecule has 0 spiro atoms. The molecule has 0 aliphatic heterocycles. The fourth-order valence-corrected chi connectivity index (χ4v) is 1.70. The maximum atomic E-state index is 8.57. The van der Waals surface area contributed by atoms with Crippen LogP contribution in [0.5, 0.6) is 0 Å². The van der Waals surface area contributed by atoms with Crippen LogP contribution < -0.4 is 0 Å². The maximum Gasteiger partial charge on any atom is 0.208 e. The van der Waals surface area contributed by atoms with E-state index in [0.717, 1.165) is 0 Å². The second kappa shape index (κ2) is 4.91. The van der Waals surface area contributed by atoms with E-state index < -0.39 is 0 Å². The fourth-order valence-electron chi connectivity index (χ4n) is 0.906. The van der Waals surface area contributed by atoms with Crippen LogP contribution in [0.2, 0.25) is 0 Å². The lowest BCUT2D eigenvalue weighted by atomic mass is 10.3. The largest absolute Gasteiger partial charge is 0.285 e. The van der Waals surface area contributed by atoms with E-state index >= 15 is 0 Å². The van der Waals surface area contributed by atoms with Gasteiger partial charge in [-0.15, -0.1) is 11.3 Å². The van der Waals surface area contributed by atoms with Crippen LogP contribution in [-0.2, 0) is 4.79 Å². The molecule has 3 heteroatoms. The highest BCUT2D eigenvalue weighted by Crippen LogP contribution is 2.18. The van der Waals surface area contributed by atoms with Crippen molar-refractivity contribution in [1.82, 2.24) is 0 Å². The lowest BCUT2D eigenvalue weighted by molar-refractivity contribution is 0.569. The molecule has 0 aliphatic carbocycles. The maximum absolute atomic E-state index is 8.57. The number of carbonyl (C=O) groups is 1. The molecule has 0 fully saturated rings. The molecule has 0 bridgehead atoms. The Balaban J connectivity index is 0.000000213. The lowest BCUT2D eigenvalue weighted by Crippen LogP contribution is -1.56. The van der Waals surface area contributed by atoms with Crippen LogP contribution in [-0.4, -0.2) is 5.75 Å². The van der Waals surface area contributed by atoms with Crippen molar-refractivity contribution in [2.45, 2.75) is 0 Å². The third kappa shape index (κ3) is 2.32. The highest BCUT2D eigenvalue weighted by molar-refractivity contribution is 7.17. The Morgan fingerprint density at radius 3 is 2.58 bits per heavy atom. The van der Waals surface area contributed by atoms with E-state index in [2.05, 4.69) is 47.3 Å². The van der Waals surface area contributed by atoms with Crippen molar-refractivity contribution >= 4 is 38.8 Å². The summed E-state index contributed by atoms with van der Waals surface area (Å²) in [6, 6.07) is 10.5. The SMILES string of the molecule is O=CCl.c1ccc2sccc2c1. The van der Waals surface area contributed by atoms with Gasteiger partial charge in [-0.25, -0.2) is 0 Å². The van der Waals surface area contributed by atoms with Crippen molar-refractivity contribution in [3.8, 4) is 0 Å². The number of rotatable bonds is 0. The van der Waals surface area contributed by atoms with E-state index in [9.17, 15) is 0 Å². The van der Waals surface area contributed by atoms with Crippen molar-refractivity contribution in [3.05, 3.63) is 35.7 Å². The van der Waals surface area contributed by atoms with Crippen LogP contribution >= 0.6 is 22.9 Å². The molecule has 12 heavy (non-hydrogen) atoms. The first-order valence-electron chi connectivity index (χ1n) is 3.34. The topological polar surface area (TPSA) is 17.1 Å². The number of hydrogen-bond donors (Lipinski definition) is 0. The molecule has 0 saturated carbocycles. The van der Waals surface area contributed by atoms with Crippen LogP contribution in [0.1, 0.15) is 0 Å². The van der Waals surface area contributed by atoms with E-state index in [1.807, 2.05) is 0 Å². The molecule has 0 amide bonds. The second-order valence-electron chi connectivity index (χ2n) is 2.05. The van der Waals surface area contributed by atoms with Gasteiger partial charge in [0, 0.05) is 4.70 Å². The van der Waals surface area contributed by atoms with Crippen LogP contribution in [0.4, 0.5) is 0 Å². The summed E-state index contributed by atoms with van der Waals surface area (Å²) in [4.78, 5) is 8.57. The van der Waals surface area contributed by atoms with Crippen molar-refractivity contribution in [3.63, 3.8) is 0 Å². The molecule has 2 aromatic rings. The Morgan fingerprint density at radius 2 is 1.92 bits per heavy atom. The van der Waals surface area contributed by atoms with Crippen molar-refractivity contribution in [2.24, 2.45) is 0 Å². The van der Waals surface area contributed by atoms with E-state index in [1.165, 1.54) is 10.1 Å². The molecule has 1 heterocycles. The van der Waals surface area contributed by atoms with Crippen LogP contribution in [0.3, 0.4) is 0 Å². The van der Waals surface area contributed by atoms with Crippen LogP contribution in [0.25, 0.3) is 10.1 Å². The van der Waals surface area contributed by atoms with Gasteiger partial charge in [0.2, 0.25) is 5.75 Å². The quantitative estimate of drug-likeness (QED) is 0.469. The normalized spacial score (nSPS) is 8.75. The Morgan fingerprint density at radius 1 is 1.25 bits per heavy atom. The standard InChI is InChI=1S/C8H6S.CHClO/c1-2-4-8-7(3-1)5-6-9-8;2-1-3/h1-6H;1H. The molecule has 1 aromatic heterocycles. The van der Waals surface area contributed by atoms with Crippen molar-refractivity contribution in [1.29, 1.82) is 0 Å². The monoisotopic (exact) mass is 198 g/mol. The molecule has 62 valence electrons. The van der Waals surface area contributed by atoms with Gasteiger partial charge in [0.25, 0.3) is 0 Å². The lowest BCUT2D eigenvalue weighted by Gasteiger charge is -1.82. The summed E-state index contributed by atoms with van der Waals surface area (Å²) in [6.07, 6.45) is 0. The molecule has 0 radical (unpaired) electrons. The van der Waals surface area contributed by atoms with Gasteiger partial charge in [-0.2, -0.15) is 0 Å². The summed E-state index contributed by atoms with van der Waals surface area (Å²) in [5.74, 6) is 0.222. The highest BCUT2D eigenvalue weighted by Gasteiger charge is 1.87. The van der Waals surface area contributed by atoms with Gasteiger partial charge in [0.15, 0.2) is 0 Å². The van der Waals surface area contributed by atoms with Crippen molar-refractivity contribution in [2.75, 3.05) is 0 Å². The average Bonchev–Trinajstić information content (AvgIpc) is 2.52. The number of fused-ring (bicyclic) bond motifs is 1. The van der Waals surface area contributed by atoms with E-state index in [-0.39, 0.29) is 5.75 Å². The minimum absolute atomic E-state index is 0.222. The molecule has 1 nitrogen and oxygen atoms in total. The third-order valence-corrected chi connectivity index (χ3v) is 2.26. The van der Waals surface area contributed by atoms with E-state index in [4.69, 9.17) is 4.79 Å². The van der Waals surface area contributed by atoms with E-state index in [0.29, 0.717) is 0 Å². The first-order valence-corrected chi connectivity index (χ1v) is 4.66. The zero-order valence-corrected chi connectivity index (χ0v) is 7.81. The Hall–Kier alpha value is -0.860. The first kappa shape index (κ1) is 9.23. The van der Waals surface area contributed by atoms with Gasteiger partial charge >= 0.3 is 0 Å². The predicted molar refractivity (Wildman–Crippen MR) is 54.4 cm³/mol. The van der Waals surface area contributed by atoms with Gasteiger partial charge in [-0.1, -0.05) is 18.2 Å². The van der Waals surface area contributed by atoms with Gasteiger partial charge in [0.1, 0.15) is 0 Å². The van der Waals surface area contributed by atoms with Gasteiger partial charge < -0.3 is 0 Å².